The fraction of sp³-hybridized carbons (Fsp3) is 0.207. The number of benzene rings is 4. The topological polar surface area (TPSA) is 26.3 Å². The van der Waals surface area contributed by atoms with Crippen LogP contribution < -0.4 is 0 Å². The number of thiophene rings is 2. The van der Waals surface area contributed by atoms with Crippen molar-refractivity contribution in [1.82, 2.24) is 0 Å². The molecule has 0 saturated heterocycles. The first-order valence-electron chi connectivity index (χ1n) is 11.4. The molecule has 4 heteroatoms. The Bertz CT molecular complexity index is 1690. The highest BCUT2D eigenvalue weighted by molar-refractivity contribution is 7.36. The summed E-state index contributed by atoms with van der Waals surface area (Å²) in [6, 6.07) is 24.4. The van der Waals surface area contributed by atoms with Crippen LogP contribution in [-0.4, -0.2) is 5.97 Å². The van der Waals surface area contributed by atoms with E-state index in [-0.39, 0.29) is 18.0 Å². The van der Waals surface area contributed by atoms with Crippen molar-refractivity contribution in [3.63, 3.8) is 0 Å². The molecule has 33 heavy (non-hydrogen) atoms. The number of carbonyl (C=O) groups excluding carboxylic acids is 1. The highest BCUT2D eigenvalue weighted by atomic mass is 32.1. The van der Waals surface area contributed by atoms with Gasteiger partial charge in [-0.1, -0.05) is 57.2 Å². The Hall–Kier alpha value is -2.95. The van der Waals surface area contributed by atoms with Crippen LogP contribution in [0.1, 0.15) is 38.9 Å². The van der Waals surface area contributed by atoms with Crippen LogP contribution in [0.3, 0.4) is 0 Å². The third kappa shape index (κ3) is 3.40. The van der Waals surface area contributed by atoms with Gasteiger partial charge in [-0.2, -0.15) is 0 Å². The molecule has 0 saturated carbocycles. The van der Waals surface area contributed by atoms with Gasteiger partial charge in [-0.05, 0) is 63.4 Å². The van der Waals surface area contributed by atoms with Gasteiger partial charge in [-0.3, -0.25) is 4.79 Å². The van der Waals surface area contributed by atoms with Crippen molar-refractivity contribution in [2.45, 2.75) is 33.3 Å². The molecule has 0 radical (unpaired) electrons. The van der Waals surface area contributed by atoms with E-state index in [1.807, 2.05) is 29.6 Å². The SMILES string of the molecule is CCC(=O)OC(c1ccc2cc3c(cc2c1)sc1c2cc4ccccc4cc2sc31)C(C)C. The lowest BCUT2D eigenvalue weighted by atomic mass is 9.96. The van der Waals surface area contributed by atoms with E-state index in [0.29, 0.717) is 6.42 Å². The number of carbonyl (C=O) groups is 1. The molecule has 0 N–H and O–H groups in total. The summed E-state index contributed by atoms with van der Waals surface area (Å²) in [6.45, 7) is 6.04. The summed E-state index contributed by atoms with van der Waals surface area (Å²) in [7, 11) is 0. The molecule has 2 heterocycles. The number of esters is 1. The summed E-state index contributed by atoms with van der Waals surface area (Å²) < 4.78 is 11.2. The molecule has 0 amide bonds. The summed E-state index contributed by atoms with van der Waals surface area (Å²) in [5.41, 5.74) is 1.06. The monoisotopic (exact) mass is 468 g/mol. The molecule has 2 aromatic heterocycles. The fourth-order valence-corrected chi connectivity index (χ4v) is 7.39. The van der Waals surface area contributed by atoms with Gasteiger partial charge in [0, 0.05) is 26.6 Å². The van der Waals surface area contributed by atoms with E-state index in [1.54, 1.807) is 0 Å². The van der Waals surface area contributed by atoms with Gasteiger partial charge in [-0.25, -0.2) is 0 Å². The summed E-state index contributed by atoms with van der Waals surface area (Å²) >= 11 is 3.78. The van der Waals surface area contributed by atoms with E-state index in [4.69, 9.17) is 4.74 Å². The first-order chi connectivity index (χ1) is 16.0. The third-order valence-corrected chi connectivity index (χ3v) is 8.91. The fourth-order valence-electron chi connectivity index (χ4n) is 4.70. The average Bonchev–Trinajstić information content (AvgIpc) is 3.34. The second-order valence-electron chi connectivity index (χ2n) is 9.02. The number of ether oxygens (including phenoxy) is 1. The van der Waals surface area contributed by atoms with E-state index in [0.717, 1.165) is 5.56 Å². The number of rotatable bonds is 4. The molecular weight excluding hydrogens is 444 g/mol. The second kappa shape index (κ2) is 7.82. The maximum Gasteiger partial charge on any atom is 0.306 e. The van der Waals surface area contributed by atoms with Crippen molar-refractivity contribution >= 4 is 79.8 Å². The molecule has 0 spiro atoms. The highest BCUT2D eigenvalue weighted by Crippen LogP contribution is 2.46. The van der Waals surface area contributed by atoms with Gasteiger partial charge in [-0.15, -0.1) is 22.7 Å². The molecule has 4 aromatic carbocycles. The Balaban J connectivity index is 1.52. The second-order valence-corrected chi connectivity index (χ2v) is 11.1. The Kier molecular flexibility index (Phi) is 4.89. The van der Waals surface area contributed by atoms with Crippen LogP contribution in [0.4, 0.5) is 0 Å². The van der Waals surface area contributed by atoms with E-state index < -0.39 is 0 Å². The van der Waals surface area contributed by atoms with E-state index in [9.17, 15) is 4.79 Å². The first-order valence-corrected chi connectivity index (χ1v) is 13.1. The first kappa shape index (κ1) is 20.6. The summed E-state index contributed by atoms with van der Waals surface area (Å²) in [5.74, 6) is 0.0667. The maximum atomic E-state index is 12.0. The lowest BCUT2D eigenvalue weighted by Crippen LogP contribution is -2.15. The highest BCUT2D eigenvalue weighted by Gasteiger charge is 2.21. The average molecular weight is 469 g/mol. The van der Waals surface area contributed by atoms with Gasteiger partial charge in [0.25, 0.3) is 0 Å². The van der Waals surface area contributed by atoms with Crippen molar-refractivity contribution in [3.05, 3.63) is 72.3 Å². The van der Waals surface area contributed by atoms with Crippen molar-refractivity contribution in [2.75, 3.05) is 0 Å². The largest absolute Gasteiger partial charge is 0.457 e. The van der Waals surface area contributed by atoms with Crippen LogP contribution in [0.2, 0.25) is 0 Å². The summed E-state index contributed by atoms with van der Waals surface area (Å²) in [6.07, 6.45) is 0.175. The van der Waals surface area contributed by atoms with Gasteiger partial charge >= 0.3 is 5.97 Å². The normalized spacial score (nSPS) is 13.1. The molecule has 0 bridgehead atoms. The van der Waals surface area contributed by atoms with Gasteiger partial charge in [0.2, 0.25) is 0 Å². The van der Waals surface area contributed by atoms with Crippen molar-refractivity contribution in [3.8, 4) is 0 Å². The zero-order valence-corrected chi connectivity index (χ0v) is 20.5. The third-order valence-electron chi connectivity index (χ3n) is 6.41. The van der Waals surface area contributed by atoms with Crippen LogP contribution in [0.25, 0.3) is 51.1 Å². The number of fused-ring (bicyclic) bond motifs is 7. The van der Waals surface area contributed by atoms with Gasteiger partial charge in [0.1, 0.15) is 6.10 Å². The molecule has 2 nitrogen and oxygen atoms in total. The quantitative estimate of drug-likeness (QED) is 0.241. The Morgan fingerprint density at radius 3 is 1.97 bits per heavy atom. The molecule has 0 fully saturated rings. The molecule has 0 aliphatic rings. The Morgan fingerprint density at radius 1 is 0.788 bits per heavy atom. The van der Waals surface area contributed by atoms with E-state index in [1.165, 1.54) is 51.1 Å². The number of hydrogen-bond donors (Lipinski definition) is 0. The van der Waals surface area contributed by atoms with Crippen LogP contribution in [-0.2, 0) is 9.53 Å². The molecule has 6 rings (SSSR count). The van der Waals surface area contributed by atoms with Crippen LogP contribution in [0, 0.1) is 5.92 Å². The maximum absolute atomic E-state index is 12.0. The van der Waals surface area contributed by atoms with Crippen molar-refractivity contribution in [1.29, 1.82) is 0 Å². The molecule has 0 aliphatic carbocycles. The molecule has 1 unspecified atom stereocenters. The van der Waals surface area contributed by atoms with Gasteiger partial charge < -0.3 is 4.74 Å². The minimum Gasteiger partial charge on any atom is -0.457 e. The summed E-state index contributed by atoms with van der Waals surface area (Å²) in [4.78, 5) is 12.0. The predicted octanol–water partition coefficient (Wildman–Crippen LogP) is 9.23. The van der Waals surface area contributed by atoms with Crippen LogP contribution in [0.5, 0.6) is 0 Å². The molecule has 0 aliphatic heterocycles. The molecular formula is C29H24O2S2. The van der Waals surface area contributed by atoms with Crippen LogP contribution in [0.15, 0.2) is 66.7 Å². The van der Waals surface area contributed by atoms with Gasteiger partial charge in [0.05, 0.1) is 9.40 Å². The molecule has 1 atom stereocenters. The minimum absolute atomic E-state index is 0.151. The van der Waals surface area contributed by atoms with Gasteiger partial charge in [0.15, 0.2) is 0 Å². The van der Waals surface area contributed by atoms with E-state index >= 15 is 0 Å². The lowest BCUT2D eigenvalue weighted by Gasteiger charge is -2.22. The zero-order chi connectivity index (χ0) is 22.7. The summed E-state index contributed by atoms with van der Waals surface area (Å²) in [5, 5.41) is 7.69. The van der Waals surface area contributed by atoms with Crippen molar-refractivity contribution < 1.29 is 9.53 Å². The smallest absolute Gasteiger partial charge is 0.306 e. The standard InChI is InChI=1S/C29H24O2S2/c1-4-26(30)31-27(16(2)3)20-10-9-19-13-23-25(15-21(19)11-20)33-28-22-12-17-7-5-6-8-18(17)14-24(22)32-29(23)28/h5-16,27H,4H2,1-3H3. The predicted molar refractivity (Wildman–Crippen MR) is 144 cm³/mol. The van der Waals surface area contributed by atoms with Crippen LogP contribution >= 0.6 is 22.7 Å². The Morgan fingerprint density at radius 2 is 1.36 bits per heavy atom. The number of hydrogen-bond acceptors (Lipinski definition) is 4. The Labute approximate surface area is 200 Å². The zero-order valence-electron chi connectivity index (χ0n) is 18.8. The lowest BCUT2D eigenvalue weighted by molar-refractivity contribution is -0.151. The molecule has 6 aromatic rings. The van der Waals surface area contributed by atoms with Crippen molar-refractivity contribution in [2.24, 2.45) is 5.92 Å². The molecule has 164 valence electrons. The van der Waals surface area contributed by atoms with E-state index in [2.05, 4.69) is 80.6 Å². The minimum atomic E-state index is -0.221.